The van der Waals surface area contributed by atoms with E-state index < -0.39 is 22.0 Å². The molecule has 0 radical (unpaired) electrons. The van der Waals surface area contributed by atoms with Crippen LogP contribution in [0.2, 0.25) is 0 Å². The number of methoxy groups -OCH3 is 1. The molecule has 2 aliphatic rings. The number of nitrogens with one attached hydrogen (secondary N) is 1. The van der Waals surface area contributed by atoms with Crippen molar-refractivity contribution < 1.29 is 27.3 Å². The molecule has 0 bridgehead atoms. The van der Waals surface area contributed by atoms with Gasteiger partial charge in [0.15, 0.2) is 5.76 Å². The molecule has 3 aromatic rings. The number of aryl methyl sites for hydroxylation is 2. The number of ether oxygens (including phenoxy) is 1. The second kappa shape index (κ2) is 9.88. The maximum absolute atomic E-state index is 13.5. The highest BCUT2D eigenvalue weighted by atomic mass is 32.2. The SMILES string of the molecule is COCCCN1C(=O)c2cccc3c(NC(=O)C4CCCCN4S(=O)(=O)c4c(C)noc4C)ccc1c23. The van der Waals surface area contributed by atoms with Crippen molar-refractivity contribution in [2.45, 2.75) is 50.5 Å². The van der Waals surface area contributed by atoms with Crippen LogP contribution in [0.1, 0.15) is 47.5 Å². The van der Waals surface area contributed by atoms with Crippen molar-refractivity contribution in [3.8, 4) is 0 Å². The van der Waals surface area contributed by atoms with Crippen molar-refractivity contribution in [1.82, 2.24) is 9.46 Å². The Kier molecular flexibility index (Phi) is 6.78. The normalized spacial score (nSPS) is 18.1. The fraction of sp³-hybridized carbons (Fsp3) is 0.423. The molecule has 1 unspecified atom stereocenters. The highest BCUT2D eigenvalue weighted by molar-refractivity contribution is 7.89. The van der Waals surface area contributed by atoms with Crippen LogP contribution in [0.15, 0.2) is 39.8 Å². The first-order valence-corrected chi connectivity index (χ1v) is 13.8. The minimum Gasteiger partial charge on any atom is -0.385 e. The third-order valence-corrected chi connectivity index (χ3v) is 9.22. The molecule has 0 aliphatic carbocycles. The molecule has 3 heterocycles. The lowest BCUT2D eigenvalue weighted by atomic mass is 10.0. The quantitative estimate of drug-likeness (QED) is 0.445. The van der Waals surface area contributed by atoms with Crippen LogP contribution >= 0.6 is 0 Å². The number of hydrogen-bond donors (Lipinski definition) is 1. The van der Waals surface area contributed by atoms with Crippen molar-refractivity contribution in [1.29, 1.82) is 0 Å². The second-order valence-electron chi connectivity index (χ2n) is 9.43. The number of piperidine rings is 1. The Balaban J connectivity index is 1.45. The van der Waals surface area contributed by atoms with Crippen LogP contribution < -0.4 is 10.2 Å². The largest absolute Gasteiger partial charge is 0.385 e. The van der Waals surface area contributed by atoms with E-state index in [1.807, 2.05) is 12.1 Å². The topological polar surface area (TPSA) is 122 Å². The van der Waals surface area contributed by atoms with E-state index >= 15 is 0 Å². The van der Waals surface area contributed by atoms with Crippen LogP contribution in [0.5, 0.6) is 0 Å². The predicted molar refractivity (Wildman–Crippen MR) is 138 cm³/mol. The van der Waals surface area contributed by atoms with E-state index in [0.29, 0.717) is 43.7 Å². The molecule has 2 aliphatic heterocycles. The summed E-state index contributed by atoms with van der Waals surface area (Å²) in [5, 5.41) is 8.27. The number of anilines is 2. The monoisotopic (exact) mass is 526 g/mol. The number of carbonyl (C=O) groups is 2. The highest BCUT2D eigenvalue weighted by Gasteiger charge is 2.40. The highest BCUT2D eigenvalue weighted by Crippen LogP contribution is 2.41. The lowest BCUT2D eigenvalue weighted by molar-refractivity contribution is -0.120. The Morgan fingerprint density at radius 1 is 1.22 bits per heavy atom. The maximum Gasteiger partial charge on any atom is 0.258 e. The zero-order chi connectivity index (χ0) is 26.3. The fourth-order valence-electron chi connectivity index (χ4n) is 5.37. The molecule has 196 valence electrons. The van der Waals surface area contributed by atoms with Crippen LogP contribution in [0.3, 0.4) is 0 Å². The molecule has 1 N–H and O–H groups in total. The number of carbonyl (C=O) groups excluding carboxylic acids is 2. The van der Waals surface area contributed by atoms with E-state index in [1.165, 1.54) is 4.31 Å². The van der Waals surface area contributed by atoms with Gasteiger partial charge in [-0.2, -0.15) is 4.31 Å². The van der Waals surface area contributed by atoms with E-state index in [-0.39, 0.29) is 28.8 Å². The number of rotatable bonds is 8. The van der Waals surface area contributed by atoms with Crippen LogP contribution in [0.4, 0.5) is 11.4 Å². The van der Waals surface area contributed by atoms with Crippen molar-refractivity contribution in [2.24, 2.45) is 0 Å². The summed E-state index contributed by atoms with van der Waals surface area (Å²) >= 11 is 0. The smallest absolute Gasteiger partial charge is 0.258 e. The van der Waals surface area contributed by atoms with Crippen molar-refractivity contribution in [3.63, 3.8) is 0 Å². The number of amides is 2. The lowest BCUT2D eigenvalue weighted by Gasteiger charge is -2.33. The summed E-state index contributed by atoms with van der Waals surface area (Å²) < 4.78 is 38.6. The minimum atomic E-state index is -3.98. The summed E-state index contributed by atoms with van der Waals surface area (Å²) in [4.78, 5) is 28.4. The molecule has 0 saturated carbocycles. The Bertz CT molecular complexity index is 1460. The first-order chi connectivity index (χ1) is 17.8. The second-order valence-corrected chi connectivity index (χ2v) is 11.3. The van der Waals surface area contributed by atoms with Gasteiger partial charge < -0.3 is 19.5 Å². The lowest BCUT2D eigenvalue weighted by Crippen LogP contribution is -2.50. The van der Waals surface area contributed by atoms with Crippen LogP contribution in [0.25, 0.3) is 10.8 Å². The predicted octanol–water partition coefficient (Wildman–Crippen LogP) is 3.62. The van der Waals surface area contributed by atoms with Crippen molar-refractivity contribution >= 4 is 44.0 Å². The Morgan fingerprint density at radius 3 is 2.76 bits per heavy atom. The summed E-state index contributed by atoms with van der Waals surface area (Å²) in [6, 6.07) is 8.18. The number of sulfonamides is 1. The molecule has 2 amide bonds. The number of aromatic nitrogens is 1. The van der Waals surface area contributed by atoms with Gasteiger partial charge in [-0.3, -0.25) is 9.59 Å². The molecule has 1 fully saturated rings. The number of nitrogens with zero attached hydrogens (tertiary/aromatic N) is 3. The van der Waals surface area contributed by atoms with Gasteiger partial charge >= 0.3 is 0 Å². The molecule has 1 aromatic heterocycles. The number of benzene rings is 2. The van der Waals surface area contributed by atoms with Crippen molar-refractivity contribution in [3.05, 3.63) is 47.3 Å². The Labute approximate surface area is 215 Å². The van der Waals surface area contributed by atoms with Gasteiger partial charge in [0, 0.05) is 48.8 Å². The standard InChI is InChI=1S/C26H30N4O6S/c1-16-24(17(2)36-28-16)37(33,34)30-14-5-4-10-22(30)25(31)27-20-11-12-21-23-18(20)8-6-9-19(23)26(32)29(21)13-7-15-35-3/h6,8-9,11-12,22H,4-5,7,10,13-15H2,1-3H3,(H,27,31). The van der Waals surface area contributed by atoms with Gasteiger partial charge in [0.1, 0.15) is 16.6 Å². The van der Waals surface area contributed by atoms with Crippen molar-refractivity contribution in [2.75, 3.05) is 37.0 Å². The summed E-state index contributed by atoms with van der Waals surface area (Å²) in [6.07, 6.45) is 2.50. The molecule has 0 spiro atoms. The van der Waals surface area contributed by atoms with Gasteiger partial charge in [-0.1, -0.05) is 23.7 Å². The van der Waals surface area contributed by atoms with Crippen LogP contribution in [-0.4, -0.2) is 62.5 Å². The summed E-state index contributed by atoms with van der Waals surface area (Å²) in [5.41, 5.74) is 2.19. The van der Waals surface area contributed by atoms with Crippen LogP contribution in [0, 0.1) is 13.8 Å². The molecule has 2 aromatic carbocycles. The van der Waals surface area contributed by atoms with Gasteiger partial charge in [-0.15, -0.1) is 0 Å². The van der Waals surface area contributed by atoms with Gasteiger partial charge in [0.25, 0.3) is 5.91 Å². The van der Waals surface area contributed by atoms with E-state index in [9.17, 15) is 18.0 Å². The zero-order valence-electron chi connectivity index (χ0n) is 21.1. The van der Waals surface area contributed by atoms with Crippen LogP contribution in [-0.2, 0) is 19.6 Å². The van der Waals surface area contributed by atoms with Gasteiger partial charge in [0.2, 0.25) is 15.9 Å². The summed E-state index contributed by atoms with van der Waals surface area (Å²) in [5.74, 6) is -0.282. The molecule has 11 heteroatoms. The third-order valence-electron chi connectivity index (χ3n) is 7.06. The first kappa shape index (κ1) is 25.4. The van der Waals surface area contributed by atoms with E-state index in [4.69, 9.17) is 9.26 Å². The molecular weight excluding hydrogens is 496 g/mol. The van der Waals surface area contributed by atoms with Gasteiger partial charge in [-0.25, -0.2) is 8.42 Å². The average molecular weight is 527 g/mol. The minimum absolute atomic E-state index is 0.0182. The summed E-state index contributed by atoms with van der Waals surface area (Å²) in [6.45, 7) is 4.44. The fourth-order valence-corrected chi connectivity index (χ4v) is 7.33. The first-order valence-electron chi connectivity index (χ1n) is 12.4. The zero-order valence-corrected chi connectivity index (χ0v) is 21.9. The van der Waals surface area contributed by atoms with E-state index in [2.05, 4.69) is 10.5 Å². The number of hydrogen-bond acceptors (Lipinski definition) is 7. The van der Waals surface area contributed by atoms with E-state index in [1.54, 1.807) is 44.1 Å². The molecular formula is C26H30N4O6S. The van der Waals surface area contributed by atoms with E-state index in [0.717, 1.165) is 22.9 Å². The van der Waals surface area contributed by atoms with Gasteiger partial charge in [-0.05, 0) is 51.3 Å². The molecule has 1 saturated heterocycles. The molecule has 10 nitrogen and oxygen atoms in total. The van der Waals surface area contributed by atoms with Gasteiger partial charge in [0.05, 0.1) is 5.69 Å². The average Bonchev–Trinajstić information content (AvgIpc) is 3.38. The molecule has 5 rings (SSSR count). The molecule has 1 atom stereocenters. The molecule has 37 heavy (non-hydrogen) atoms. The summed E-state index contributed by atoms with van der Waals surface area (Å²) in [7, 11) is -2.36. The Hall–Kier alpha value is -3.28. The third kappa shape index (κ3) is 4.30. The maximum atomic E-state index is 13.5. The Morgan fingerprint density at radius 2 is 2.03 bits per heavy atom.